The number of amides is 10. The van der Waals surface area contributed by atoms with Gasteiger partial charge in [-0.05, 0) is 188 Å². The van der Waals surface area contributed by atoms with Crippen molar-refractivity contribution in [2.24, 2.45) is 11.6 Å². The zero-order valence-corrected chi connectivity index (χ0v) is 85.9. The number of hydrogen-bond donors (Lipinski definition) is 8. The van der Waals surface area contributed by atoms with Crippen LogP contribution < -0.4 is 27.9 Å². The first-order valence-electron chi connectivity index (χ1n) is 43.8. The lowest BCUT2D eigenvalue weighted by atomic mass is 9.81. The molecule has 14 aromatic rings. The van der Waals surface area contributed by atoms with Crippen molar-refractivity contribution >= 4 is 176 Å². The number of unbranched alkanes of at least 4 members (excludes halogenated alkanes) is 2. The lowest BCUT2D eigenvalue weighted by Crippen LogP contribution is -2.30. The number of aliphatic hydroxyl groups is 1. The van der Waals surface area contributed by atoms with Crippen molar-refractivity contribution in [3.05, 3.63) is 361 Å². The number of halogens is 5. The predicted octanol–water partition coefficient (Wildman–Crippen LogP) is 20.2. The molecule has 27 nitrogen and oxygen atoms in total. The maximum Gasteiger partial charge on any atom is 0.488 e. The van der Waals surface area contributed by atoms with Gasteiger partial charge in [-0.15, -0.1) is 75.6 Å². The molecule has 0 spiro atoms. The van der Waals surface area contributed by atoms with E-state index in [-0.39, 0.29) is 99.3 Å². The number of fused-ring (bicyclic) bond motifs is 5. The van der Waals surface area contributed by atoms with Crippen molar-refractivity contribution in [3.8, 4) is 79.7 Å². The van der Waals surface area contributed by atoms with Gasteiger partial charge in [0.2, 0.25) is 0 Å². The van der Waals surface area contributed by atoms with E-state index in [1.54, 1.807) is 192 Å². The Morgan fingerprint density at radius 2 is 0.676 bits per heavy atom. The first kappa shape index (κ1) is 122. The number of terminal acetylenes is 2. The molecule has 754 valence electrons. The summed E-state index contributed by atoms with van der Waals surface area (Å²) >= 11 is 17.8. The number of benzene rings is 9. The van der Waals surface area contributed by atoms with E-state index in [1.807, 2.05) is 93.1 Å². The molecule has 10 amide bonds. The maximum absolute atomic E-state index is 12.3. The fourth-order valence-corrected chi connectivity index (χ4v) is 19.3. The van der Waals surface area contributed by atoms with Crippen LogP contribution in [0.25, 0.3) is 31.3 Å². The Kier molecular flexibility index (Phi) is 54.9. The molecular formula is C107H109BBr3F2N13O14S5. The molecule has 0 atom stereocenters. The van der Waals surface area contributed by atoms with Crippen molar-refractivity contribution in [3.63, 3.8) is 0 Å². The number of nitrogens with two attached hydrogens (primary N) is 2. The quantitative estimate of drug-likeness (QED) is 0.00877. The summed E-state index contributed by atoms with van der Waals surface area (Å²) in [7, 11) is -1.34. The number of rotatable bonds is 20. The predicted molar refractivity (Wildman–Crippen MR) is 587 cm³/mol. The van der Waals surface area contributed by atoms with Crippen LogP contribution in [0.3, 0.4) is 0 Å². The first-order chi connectivity index (χ1) is 68.5. The van der Waals surface area contributed by atoms with E-state index in [1.165, 1.54) is 73.8 Å². The van der Waals surface area contributed by atoms with Gasteiger partial charge < -0.3 is 26.1 Å². The van der Waals surface area contributed by atoms with Crippen molar-refractivity contribution in [1.29, 1.82) is 0 Å². The average Bonchev–Trinajstić information content (AvgIpc) is 1.64. The van der Waals surface area contributed by atoms with Crippen molar-refractivity contribution in [2.75, 3.05) is 39.3 Å². The van der Waals surface area contributed by atoms with E-state index in [0.29, 0.717) is 111 Å². The molecule has 38 heteroatoms. The average molecular weight is 2250 g/mol. The molecule has 0 unspecified atom stereocenters. The number of hydrogen-bond acceptors (Lipinski definition) is 27. The van der Waals surface area contributed by atoms with E-state index in [0.717, 1.165) is 77.0 Å². The maximum atomic E-state index is 12.3. The van der Waals surface area contributed by atoms with Gasteiger partial charge in [-0.1, -0.05) is 234 Å². The Morgan fingerprint density at radius 1 is 0.386 bits per heavy atom. The number of thiazole rings is 5. The number of aromatic nitrogens is 5. The summed E-state index contributed by atoms with van der Waals surface area (Å²) in [6.45, 7) is 6.22. The number of nitrogens with one attached hydrogen (secondary N) is 2. The summed E-state index contributed by atoms with van der Waals surface area (Å²) in [5, 5.41) is 38.1. The summed E-state index contributed by atoms with van der Waals surface area (Å²) in [5.74, 6) is 18.3. The summed E-state index contributed by atoms with van der Waals surface area (Å²) in [5.41, 5.74) is 15.6. The third kappa shape index (κ3) is 36.5. The van der Waals surface area contributed by atoms with Gasteiger partial charge in [0.05, 0.1) is 107 Å². The van der Waals surface area contributed by atoms with Crippen LogP contribution in [0.15, 0.2) is 285 Å². The van der Waals surface area contributed by atoms with Gasteiger partial charge in [-0.3, -0.25) is 82.3 Å². The SMILES string of the molecule is Brc1cnc(Br)s1.C.C.C#CCCN1C(=O)c2ccccc2C1=O.C#CCCO.CC.F.F.NCCCCc1ncc(-c2ccccc2)s1.NNO.O=C1NC(=O)c2ccccc21.O=C1c2ccccc2C(=O)N1CCC#Cc1ncc(-c2ccccc2)s1.O=C1c2ccccc2C(=O)N1CCC#Cc1ncc(Br)s1.O=C1c2ccccc2C(=O)N1CCCCc1ncc(-c2ccccc2)s1.OB(O)c1ccccc1.[3HH].[3HH]. The highest BCUT2D eigenvalue weighted by atomic mass is 79.9. The molecule has 10 N–H and O–H groups in total. The number of aryl methyl sites for hydroxylation is 2. The van der Waals surface area contributed by atoms with Crippen molar-refractivity contribution in [1.82, 2.24) is 55.4 Å². The van der Waals surface area contributed by atoms with Gasteiger partial charge in [0.1, 0.15) is 0 Å². The van der Waals surface area contributed by atoms with Crippen LogP contribution in [0.2, 0.25) is 0 Å². The van der Waals surface area contributed by atoms with Gasteiger partial charge in [-0.2, -0.15) is 0 Å². The Morgan fingerprint density at radius 3 is 0.966 bits per heavy atom. The monoisotopic (exact) mass is 2250 g/mol. The molecule has 9 aromatic carbocycles. The van der Waals surface area contributed by atoms with Gasteiger partial charge in [0.15, 0.2) is 13.9 Å². The van der Waals surface area contributed by atoms with E-state index in [4.69, 9.17) is 38.9 Å². The molecule has 0 radical (unpaired) electrons. The Labute approximate surface area is 889 Å². The third-order valence-corrected chi connectivity index (χ3v) is 26.4. The highest BCUT2D eigenvalue weighted by molar-refractivity contribution is 9.12. The summed E-state index contributed by atoms with van der Waals surface area (Å²) in [6, 6.07) is 73.6. The lowest BCUT2D eigenvalue weighted by Gasteiger charge is -2.13. The molecule has 0 saturated carbocycles. The second-order valence-corrected chi connectivity index (χ2v) is 38.5. The number of carbonyl (C=O) groups is 10. The molecule has 0 fully saturated rings. The topological polar surface area (TPSA) is 405 Å². The highest BCUT2D eigenvalue weighted by Crippen LogP contribution is 2.33. The van der Waals surface area contributed by atoms with Crippen LogP contribution in [0, 0.1) is 48.4 Å². The third-order valence-electron chi connectivity index (χ3n) is 19.9. The fourth-order valence-electron chi connectivity index (χ4n) is 13.3. The summed E-state index contributed by atoms with van der Waals surface area (Å²) in [6.07, 6.45) is 26.5. The van der Waals surface area contributed by atoms with Crippen LogP contribution in [-0.2, 0) is 12.8 Å². The van der Waals surface area contributed by atoms with E-state index in [2.05, 4.69) is 156 Å². The zero-order valence-electron chi connectivity index (χ0n) is 77.1. The molecule has 5 aromatic heterocycles. The van der Waals surface area contributed by atoms with Crippen molar-refractivity contribution < 1.29 is 80.6 Å². The lowest BCUT2D eigenvalue weighted by molar-refractivity contribution is 0.0637. The zero-order chi connectivity index (χ0) is 101. The minimum absolute atomic E-state index is 0. The molecule has 0 bridgehead atoms. The Bertz CT molecular complexity index is 6630. The minimum atomic E-state index is -1.34. The minimum Gasteiger partial charge on any atom is -0.423 e. The second kappa shape index (κ2) is 65.4. The van der Waals surface area contributed by atoms with E-state index in [9.17, 15) is 47.9 Å². The van der Waals surface area contributed by atoms with Crippen LogP contribution in [0.5, 0.6) is 0 Å². The van der Waals surface area contributed by atoms with Crippen molar-refractivity contribution in [2.45, 2.75) is 92.9 Å². The normalized spacial score (nSPS) is 11.7. The first-order valence-corrected chi connectivity index (χ1v) is 50.3. The molecule has 0 saturated heterocycles. The second-order valence-electron chi connectivity index (χ2n) is 29.2. The molecule has 145 heavy (non-hydrogen) atoms. The molecule has 19 rings (SSSR count). The Balaban J connectivity index is 0.000000434. The number of imide groups is 5. The molecular weight excluding hydrogens is 2140 g/mol. The van der Waals surface area contributed by atoms with E-state index >= 15 is 0 Å². The van der Waals surface area contributed by atoms with Crippen LogP contribution in [-0.4, -0.2) is 170 Å². The summed E-state index contributed by atoms with van der Waals surface area (Å²) in [4.78, 5) is 149. The fraction of sp³-hybridized carbons (Fsp3) is 0.187. The Hall–Kier alpha value is -13.8. The van der Waals surface area contributed by atoms with E-state index < -0.39 is 7.12 Å². The highest BCUT2D eigenvalue weighted by Gasteiger charge is 2.38. The van der Waals surface area contributed by atoms with Gasteiger partial charge >= 0.3 is 7.12 Å². The smallest absolute Gasteiger partial charge is 0.423 e. The molecule has 5 aliphatic rings. The number of aliphatic hydroxyl groups excluding tert-OH is 1. The number of carbonyl (C=O) groups excluding carboxylic acids is 10. The van der Waals surface area contributed by atoms with Gasteiger partial charge in [0.25, 0.3) is 59.1 Å². The van der Waals surface area contributed by atoms with Gasteiger partial charge in [-0.25, -0.2) is 30.8 Å². The molecule has 0 aliphatic carbocycles. The largest absolute Gasteiger partial charge is 0.488 e. The van der Waals surface area contributed by atoms with Crippen LogP contribution >= 0.6 is 104 Å². The van der Waals surface area contributed by atoms with Crippen LogP contribution in [0.1, 0.15) is 207 Å². The van der Waals surface area contributed by atoms with Crippen LogP contribution in [0.4, 0.5) is 9.41 Å². The number of nitrogens with zero attached hydrogens (tertiary/aromatic N) is 9. The molecule has 5 aliphatic heterocycles. The molecule has 10 heterocycles. The van der Waals surface area contributed by atoms with Gasteiger partial charge in [0, 0.05) is 73.3 Å². The number of hydrazine groups is 1. The standard InChI is InChI=1S/C21H18N2O2S.C21H14N2O2S.C15H9BrN2O2S.C13H16N2S.C12H9NO2.C8H5NO2.C6H7BO2.C4H6O.C3HBr2NS.C2H6.2CH4.2FH.H4N2O.2H2/c2*24-20-16-10-4-5-11-17(16)21(25)23(20)13-7-6-12-19-22-14-18(26-19)15-8-2-1-3-9-15;16-12-9-17-13(21-12)7-3-4-8-18-14(19)10-5-1-2-6-11(10)15(18)20;14-9-5-4-8-13-15-10-12(16-13)11-6-2-1-3-7-11;1-2-3-8-13-11(14)9-6-4-5-7-10(9)12(13)15;10-7-5-3-1-2-4-6(5)8(11)9-7;8-7(9)6-4-2-1-3-5-6;1-2-3-4-5;4-2-1-6-3(5)7-2;1-2;;;;;1-2-3;;/h1-5,8-11,14H,6-7,12-13H2;1-5,8-11,14H,7,13H2;1-2,5-6,9H,4,8H2;1-3,6-7,10H,4-5,8-9,14H2;1,4-7H,3,8H2;1-4H,(H,9,10,11);1-5,8-9H;1,5H,3-4H2;1H;1-2H3;2*1H4;2*1H;2-3H,1H2;2*1H/i;;;;;;;;;;;;;;;2*1+2. The summed E-state index contributed by atoms with van der Waals surface area (Å²) < 4.78 is 2.89.